The van der Waals surface area contributed by atoms with E-state index >= 15 is 0 Å². The first-order chi connectivity index (χ1) is 9.10. The van der Waals surface area contributed by atoms with E-state index in [4.69, 9.17) is 39.5 Å². The molecule has 0 amide bonds. The van der Waals surface area contributed by atoms with Gasteiger partial charge in [0.2, 0.25) is 0 Å². The monoisotopic (exact) mass is 314 g/mol. The maximum atomic E-state index is 6.10. The predicted molar refractivity (Wildman–Crippen MR) is 81.5 cm³/mol. The highest BCUT2D eigenvalue weighted by molar-refractivity contribution is 6.33. The van der Waals surface area contributed by atoms with Gasteiger partial charge in [-0.1, -0.05) is 40.9 Å². The first-order valence-corrected chi connectivity index (χ1v) is 7.11. The van der Waals surface area contributed by atoms with Gasteiger partial charge in [-0.15, -0.1) is 11.6 Å². The van der Waals surface area contributed by atoms with Crippen molar-refractivity contribution < 1.29 is 4.74 Å². The van der Waals surface area contributed by atoms with Crippen molar-refractivity contribution in [2.24, 2.45) is 0 Å². The molecule has 4 heteroatoms. The molecule has 0 aromatic heterocycles. The lowest BCUT2D eigenvalue weighted by atomic mass is 10.1. The van der Waals surface area contributed by atoms with Crippen LogP contribution in [-0.2, 0) is 12.5 Å². The van der Waals surface area contributed by atoms with Crippen LogP contribution < -0.4 is 4.74 Å². The molecular weight excluding hydrogens is 303 g/mol. The van der Waals surface area contributed by atoms with Gasteiger partial charge in [-0.3, -0.25) is 0 Å². The van der Waals surface area contributed by atoms with Crippen molar-refractivity contribution in [2.45, 2.75) is 19.4 Å². The van der Waals surface area contributed by atoms with E-state index in [0.29, 0.717) is 22.5 Å². The molecule has 2 aromatic rings. The summed E-state index contributed by atoms with van der Waals surface area (Å²) in [6.07, 6.45) is 0. The Bertz CT molecular complexity index is 582. The van der Waals surface area contributed by atoms with Gasteiger partial charge in [0, 0.05) is 21.2 Å². The van der Waals surface area contributed by atoms with Crippen LogP contribution in [0.2, 0.25) is 10.0 Å². The zero-order valence-corrected chi connectivity index (χ0v) is 12.7. The molecule has 0 radical (unpaired) electrons. The second-order valence-electron chi connectivity index (χ2n) is 4.27. The van der Waals surface area contributed by atoms with Crippen molar-refractivity contribution in [3.05, 3.63) is 63.1 Å². The molecule has 0 unspecified atom stereocenters. The highest BCUT2D eigenvalue weighted by atomic mass is 35.5. The zero-order chi connectivity index (χ0) is 13.8. The van der Waals surface area contributed by atoms with Crippen LogP contribution in [0.15, 0.2) is 36.4 Å². The van der Waals surface area contributed by atoms with E-state index < -0.39 is 0 Å². The number of benzene rings is 2. The van der Waals surface area contributed by atoms with Crippen LogP contribution in [0.1, 0.15) is 16.7 Å². The fourth-order valence-corrected chi connectivity index (χ4v) is 2.34. The van der Waals surface area contributed by atoms with Crippen molar-refractivity contribution in [3.8, 4) is 5.75 Å². The van der Waals surface area contributed by atoms with Crippen LogP contribution in [-0.4, -0.2) is 0 Å². The number of rotatable bonds is 4. The van der Waals surface area contributed by atoms with Crippen molar-refractivity contribution in [2.75, 3.05) is 0 Å². The van der Waals surface area contributed by atoms with Gasteiger partial charge in [0.25, 0.3) is 0 Å². The van der Waals surface area contributed by atoms with Gasteiger partial charge >= 0.3 is 0 Å². The Hall–Kier alpha value is -0.890. The van der Waals surface area contributed by atoms with Gasteiger partial charge in [-0.2, -0.15) is 0 Å². The van der Waals surface area contributed by atoms with Crippen LogP contribution in [0.3, 0.4) is 0 Å². The SMILES string of the molecule is Cc1ccc(OCc2cc(Cl)ccc2Cl)c(CCl)c1. The van der Waals surface area contributed by atoms with Crippen molar-refractivity contribution in [1.29, 1.82) is 0 Å². The fraction of sp³-hybridized carbons (Fsp3) is 0.200. The van der Waals surface area contributed by atoms with E-state index in [1.54, 1.807) is 18.2 Å². The second kappa shape index (κ2) is 6.51. The summed E-state index contributed by atoms with van der Waals surface area (Å²) in [5, 5.41) is 1.29. The summed E-state index contributed by atoms with van der Waals surface area (Å²) in [7, 11) is 0. The summed E-state index contributed by atoms with van der Waals surface area (Å²) in [6, 6.07) is 11.3. The second-order valence-corrected chi connectivity index (χ2v) is 5.38. The number of hydrogen-bond donors (Lipinski definition) is 0. The molecule has 19 heavy (non-hydrogen) atoms. The largest absolute Gasteiger partial charge is 0.489 e. The van der Waals surface area contributed by atoms with E-state index in [0.717, 1.165) is 22.4 Å². The molecule has 2 aromatic carbocycles. The summed E-state index contributed by atoms with van der Waals surface area (Å²) in [6.45, 7) is 2.39. The van der Waals surface area contributed by atoms with E-state index in [1.165, 1.54) is 0 Å². The molecular formula is C15H13Cl3O. The molecule has 2 rings (SSSR count). The number of hydrogen-bond acceptors (Lipinski definition) is 1. The van der Waals surface area contributed by atoms with Gasteiger partial charge < -0.3 is 4.74 Å². The van der Waals surface area contributed by atoms with E-state index in [9.17, 15) is 0 Å². The lowest BCUT2D eigenvalue weighted by Crippen LogP contribution is -1.99. The fourth-order valence-electron chi connectivity index (χ4n) is 1.76. The average molecular weight is 316 g/mol. The Kier molecular flexibility index (Phi) is 4.98. The summed E-state index contributed by atoms with van der Waals surface area (Å²) >= 11 is 18.0. The molecule has 0 fully saturated rings. The van der Waals surface area contributed by atoms with Gasteiger partial charge in [-0.25, -0.2) is 0 Å². The van der Waals surface area contributed by atoms with E-state index in [1.807, 2.05) is 25.1 Å². The highest BCUT2D eigenvalue weighted by Crippen LogP contribution is 2.25. The summed E-state index contributed by atoms with van der Waals surface area (Å²) in [5.74, 6) is 1.19. The summed E-state index contributed by atoms with van der Waals surface area (Å²) in [5.41, 5.74) is 2.99. The van der Waals surface area contributed by atoms with Crippen molar-refractivity contribution in [3.63, 3.8) is 0 Å². The molecule has 1 nitrogen and oxygen atoms in total. The highest BCUT2D eigenvalue weighted by Gasteiger charge is 2.06. The molecule has 0 atom stereocenters. The zero-order valence-electron chi connectivity index (χ0n) is 10.4. The van der Waals surface area contributed by atoms with Gasteiger partial charge in [-0.05, 0) is 31.2 Å². The minimum Gasteiger partial charge on any atom is -0.489 e. The molecule has 0 aliphatic carbocycles. The normalized spacial score (nSPS) is 10.5. The Morgan fingerprint density at radius 2 is 1.79 bits per heavy atom. The minimum absolute atomic E-state index is 0.367. The third-order valence-electron chi connectivity index (χ3n) is 2.75. The Morgan fingerprint density at radius 3 is 2.53 bits per heavy atom. The van der Waals surface area contributed by atoms with Crippen LogP contribution >= 0.6 is 34.8 Å². The van der Waals surface area contributed by atoms with Crippen LogP contribution in [0, 0.1) is 6.92 Å². The first kappa shape index (κ1) is 14.5. The third-order valence-corrected chi connectivity index (χ3v) is 3.64. The predicted octanol–water partition coefficient (Wildman–Crippen LogP) is 5.62. The molecule has 0 bridgehead atoms. The maximum absolute atomic E-state index is 6.10. The third kappa shape index (κ3) is 3.79. The van der Waals surface area contributed by atoms with Crippen LogP contribution in [0.25, 0.3) is 0 Å². The topological polar surface area (TPSA) is 9.23 Å². The number of alkyl halides is 1. The average Bonchev–Trinajstić information content (AvgIpc) is 2.40. The Labute approximate surface area is 128 Å². The number of aryl methyl sites for hydroxylation is 1. The lowest BCUT2D eigenvalue weighted by molar-refractivity contribution is 0.304. The minimum atomic E-state index is 0.367. The Morgan fingerprint density at radius 1 is 1.00 bits per heavy atom. The van der Waals surface area contributed by atoms with E-state index in [2.05, 4.69) is 0 Å². The standard InChI is InChI=1S/C15H13Cl3O/c1-10-2-5-15(11(6-10)8-16)19-9-12-7-13(17)3-4-14(12)18/h2-7H,8-9H2,1H3. The van der Waals surface area contributed by atoms with Crippen LogP contribution in [0.5, 0.6) is 5.75 Å². The molecule has 0 spiro atoms. The lowest BCUT2D eigenvalue weighted by Gasteiger charge is -2.12. The first-order valence-electron chi connectivity index (χ1n) is 5.82. The van der Waals surface area contributed by atoms with Gasteiger partial charge in [0.1, 0.15) is 12.4 Å². The van der Waals surface area contributed by atoms with Crippen molar-refractivity contribution in [1.82, 2.24) is 0 Å². The Balaban J connectivity index is 2.16. The quantitative estimate of drug-likeness (QED) is 0.665. The molecule has 0 N–H and O–H groups in total. The maximum Gasteiger partial charge on any atom is 0.124 e. The number of halogens is 3. The molecule has 0 heterocycles. The van der Waals surface area contributed by atoms with Gasteiger partial charge in [0.15, 0.2) is 0 Å². The summed E-state index contributed by atoms with van der Waals surface area (Å²) in [4.78, 5) is 0. The van der Waals surface area contributed by atoms with Crippen molar-refractivity contribution >= 4 is 34.8 Å². The molecule has 0 saturated carbocycles. The smallest absolute Gasteiger partial charge is 0.124 e. The summed E-state index contributed by atoms with van der Waals surface area (Å²) < 4.78 is 5.78. The van der Waals surface area contributed by atoms with Crippen LogP contribution in [0.4, 0.5) is 0 Å². The van der Waals surface area contributed by atoms with E-state index in [-0.39, 0.29) is 0 Å². The number of ether oxygens (including phenoxy) is 1. The molecule has 0 aliphatic rings. The molecule has 0 aliphatic heterocycles. The molecule has 0 saturated heterocycles. The molecule has 100 valence electrons. The van der Waals surface area contributed by atoms with Gasteiger partial charge in [0.05, 0.1) is 5.88 Å².